The van der Waals surface area contributed by atoms with E-state index in [1.54, 1.807) is 0 Å². The summed E-state index contributed by atoms with van der Waals surface area (Å²) >= 11 is 12.3. The Labute approximate surface area is 127 Å². The largest absolute Gasteiger partial charge is 0.314 e. The Kier molecular flexibility index (Phi) is 7.82. The summed E-state index contributed by atoms with van der Waals surface area (Å²) in [5, 5.41) is 5.21. The number of hydrogen-bond donors (Lipinski definition) is 1. The molecule has 0 radical (unpaired) electrons. The van der Waals surface area contributed by atoms with Gasteiger partial charge >= 0.3 is 0 Å². The van der Waals surface area contributed by atoms with Gasteiger partial charge in [-0.25, -0.2) is 0 Å². The summed E-state index contributed by atoms with van der Waals surface area (Å²) in [7, 11) is 0. The SMILES string of the molecule is CCCNC(Cc1cc(Cl)ccc1Cl)CC(C)CC. The molecule has 19 heavy (non-hydrogen) atoms. The van der Waals surface area contributed by atoms with Crippen LogP contribution in [0.4, 0.5) is 0 Å². The molecule has 1 aromatic carbocycles. The van der Waals surface area contributed by atoms with Crippen LogP contribution in [0.25, 0.3) is 0 Å². The number of rotatable bonds is 8. The van der Waals surface area contributed by atoms with E-state index in [1.165, 1.54) is 12.8 Å². The minimum atomic E-state index is 0.478. The van der Waals surface area contributed by atoms with Gasteiger partial charge < -0.3 is 5.32 Å². The second kappa shape index (κ2) is 8.84. The zero-order chi connectivity index (χ0) is 14.3. The van der Waals surface area contributed by atoms with Crippen LogP contribution in [0.3, 0.4) is 0 Å². The third kappa shape index (κ3) is 6.16. The van der Waals surface area contributed by atoms with Crippen molar-refractivity contribution < 1.29 is 0 Å². The van der Waals surface area contributed by atoms with E-state index < -0.39 is 0 Å². The molecule has 2 unspecified atom stereocenters. The zero-order valence-electron chi connectivity index (χ0n) is 12.2. The molecule has 0 saturated heterocycles. The van der Waals surface area contributed by atoms with Crippen LogP contribution in [0.15, 0.2) is 18.2 Å². The maximum Gasteiger partial charge on any atom is 0.0439 e. The van der Waals surface area contributed by atoms with Gasteiger partial charge in [-0.3, -0.25) is 0 Å². The van der Waals surface area contributed by atoms with Crippen molar-refractivity contribution in [2.45, 2.75) is 52.5 Å². The van der Waals surface area contributed by atoms with Crippen molar-refractivity contribution >= 4 is 23.2 Å². The van der Waals surface area contributed by atoms with Crippen LogP contribution in [-0.4, -0.2) is 12.6 Å². The zero-order valence-corrected chi connectivity index (χ0v) is 13.7. The number of halogens is 2. The average molecular weight is 302 g/mol. The van der Waals surface area contributed by atoms with Crippen molar-refractivity contribution in [3.63, 3.8) is 0 Å². The molecule has 0 aliphatic carbocycles. The highest BCUT2D eigenvalue weighted by molar-refractivity contribution is 6.33. The highest BCUT2D eigenvalue weighted by atomic mass is 35.5. The summed E-state index contributed by atoms with van der Waals surface area (Å²) in [6.45, 7) is 7.80. The predicted molar refractivity (Wildman–Crippen MR) is 86.3 cm³/mol. The summed E-state index contributed by atoms with van der Waals surface area (Å²) in [4.78, 5) is 0. The minimum absolute atomic E-state index is 0.478. The van der Waals surface area contributed by atoms with Gasteiger partial charge in [-0.1, -0.05) is 50.4 Å². The average Bonchev–Trinajstić information content (AvgIpc) is 2.39. The molecule has 0 fully saturated rings. The molecule has 0 heterocycles. The summed E-state index contributed by atoms with van der Waals surface area (Å²) in [6, 6.07) is 6.20. The summed E-state index contributed by atoms with van der Waals surface area (Å²) in [6.07, 6.45) is 4.50. The Hall–Kier alpha value is -0.240. The van der Waals surface area contributed by atoms with Crippen LogP contribution in [0.5, 0.6) is 0 Å². The highest BCUT2D eigenvalue weighted by Gasteiger charge is 2.14. The third-order valence-corrected chi connectivity index (χ3v) is 4.14. The van der Waals surface area contributed by atoms with Gasteiger partial charge in [-0.2, -0.15) is 0 Å². The molecule has 0 aliphatic rings. The second-order valence-electron chi connectivity index (χ2n) is 5.34. The molecule has 108 valence electrons. The fourth-order valence-corrected chi connectivity index (χ4v) is 2.59. The van der Waals surface area contributed by atoms with Crippen LogP contribution >= 0.6 is 23.2 Å². The van der Waals surface area contributed by atoms with Crippen LogP contribution in [0.1, 0.15) is 45.6 Å². The molecule has 1 nitrogen and oxygen atoms in total. The molecule has 0 saturated carbocycles. The summed E-state index contributed by atoms with van der Waals surface area (Å²) in [5.74, 6) is 0.729. The van der Waals surface area contributed by atoms with Gasteiger partial charge in [-0.05, 0) is 55.5 Å². The van der Waals surface area contributed by atoms with E-state index in [1.807, 2.05) is 18.2 Å². The summed E-state index contributed by atoms with van der Waals surface area (Å²) < 4.78 is 0. The smallest absolute Gasteiger partial charge is 0.0439 e. The third-order valence-electron chi connectivity index (χ3n) is 3.54. The highest BCUT2D eigenvalue weighted by Crippen LogP contribution is 2.23. The second-order valence-corrected chi connectivity index (χ2v) is 6.18. The molecular formula is C16H25Cl2N. The monoisotopic (exact) mass is 301 g/mol. The summed E-state index contributed by atoms with van der Waals surface area (Å²) in [5.41, 5.74) is 1.14. The number of hydrogen-bond acceptors (Lipinski definition) is 1. The van der Waals surface area contributed by atoms with Crippen LogP contribution in [0.2, 0.25) is 10.0 Å². The van der Waals surface area contributed by atoms with E-state index in [0.717, 1.165) is 40.9 Å². The lowest BCUT2D eigenvalue weighted by Gasteiger charge is -2.22. The van der Waals surface area contributed by atoms with Crippen molar-refractivity contribution in [3.8, 4) is 0 Å². The van der Waals surface area contributed by atoms with E-state index in [-0.39, 0.29) is 0 Å². The lowest BCUT2D eigenvalue weighted by atomic mass is 9.94. The first-order chi connectivity index (χ1) is 9.06. The van der Waals surface area contributed by atoms with Gasteiger partial charge in [0.1, 0.15) is 0 Å². The Bertz CT molecular complexity index is 379. The van der Waals surface area contributed by atoms with Crippen molar-refractivity contribution in [2.75, 3.05) is 6.54 Å². The van der Waals surface area contributed by atoms with E-state index in [0.29, 0.717) is 6.04 Å². The maximum atomic E-state index is 6.26. The molecular weight excluding hydrogens is 277 g/mol. The molecule has 0 amide bonds. The Morgan fingerprint density at radius 3 is 2.58 bits per heavy atom. The fraction of sp³-hybridized carbons (Fsp3) is 0.625. The van der Waals surface area contributed by atoms with Gasteiger partial charge in [-0.15, -0.1) is 0 Å². The van der Waals surface area contributed by atoms with Gasteiger partial charge in [0.25, 0.3) is 0 Å². The molecule has 0 aliphatic heterocycles. The van der Waals surface area contributed by atoms with Gasteiger partial charge in [0, 0.05) is 16.1 Å². The Balaban J connectivity index is 2.71. The lowest BCUT2D eigenvalue weighted by Crippen LogP contribution is -2.33. The van der Waals surface area contributed by atoms with Crippen molar-refractivity contribution in [1.82, 2.24) is 5.32 Å². The molecule has 0 aromatic heterocycles. The van der Waals surface area contributed by atoms with Gasteiger partial charge in [0.15, 0.2) is 0 Å². The van der Waals surface area contributed by atoms with E-state index in [2.05, 4.69) is 26.1 Å². The van der Waals surface area contributed by atoms with Crippen molar-refractivity contribution in [2.24, 2.45) is 5.92 Å². The standard InChI is InChI=1S/C16H25Cl2N/c1-4-8-19-15(9-12(3)5-2)11-13-10-14(17)6-7-16(13)18/h6-7,10,12,15,19H,4-5,8-9,11H2,1-3H3. The Morgan fingerprint density at radius 1 is 1.21 bits per heavy atom. The van der Waals surface area contributed by atoms with Gasteiger partial charge in [0.2, 0.25) is 0 Å². The quantitative estimate of drug-likeness (QED) is 0.683. The normalized spacial score (nSPS) is 14.4. The fourth-order valence-electron chi connectivity index (χ4n) is 2.20. The van der Waals surface area contributed by atoms with Crippen molar-refractivity contribution in [3.05, 3.63) is 33.8 Å². The molecule has 1 aromatic rings. The number of nitrogens with one attached hydrogen (secondary N) is 1. The van der Waals surface area contributed by atoms with E-state index in [9.17, 15) is 0 Å². The minimum Gasteiger partial charge on any atom is -0.314 e. The molecule has 1 N–H and O–H groups in total. The molecule has 1 rings (SSSR count). The molecule has 0 spiro atoms. The maximum absolute atomic E-state index is 6.26. The van der Waals surface area contributed by atoms with Crippen LogP contribution < -0.4 is 5.32 Å². The van der Waals surface area contributed by atoms with E-state index >= 15 is 0 Å². The lowest BCUT2D eigenvalue weighted by molar-refractivity contribution is 0.391. The predicted octanol–water partition coefficient (Wildman–Crippen LogP) is 5.34. The Morgan fingerprint density at radius 2 is 1.95 bits per heavy atom. The van der Waals surface area contributed by atoms with Crippen molar-refractivity contribution in [1.29, 1.82) is 0 Å². The molecule has 0 bridgehead atoms. The van der Waals surface area contributed by atoms with Crippen LogP contribution in [-0.2, 0) is 6.42 Å². The first kappa shape index (κ1) is 16.8. The first-order valence-corrected chi connectivity index (χ1v) is 7.99. The van der Waals surface area contributed by atoms with Gasteiger partial charge in [0.05, 0.1) is 0 Å². The topological polar surface area (TPSA) is 12.0 Å². The first-order valence-electron chi connectivity index (χ1n) is 7.24. The van der Waals surface area contributed by atoms with E-state index in [4.69, 9.17) is 23.2 Å². The van der Waals surface area contributed by atoms with Crippen LogP contribution in [0, 0.1) is 5.92 Å². The molecule has 2 atom stereocenters. The molecule has 3 heteroatoms. The number of benzene rings is 1.